The lowest BCUT2D eigenvalue weighted by atomic mass is 10.2. The summed E-state index contributed by atoms with van der Waals surface area (Å²) in [5.41, 5.74) is 1.21. The van der Waals surface area contributed by atoms with Crippen molar-refractivity contribution in [2.45, 2.75) is 6.54 Å². The largest absolute Gasteiger partial charge is 0.307 e. The average Bonchev–Trinajstić information content (AvgIpc) is 2.97. The smallest absolute Gasteiger partial charge is 0.257 e. The highest BCUT2D eigenvalue weighted by atomic mass is 127. The standard InChI is InChI=1S/C17H11Cl2FIN3O/c18-11-2-1-10(14(19)7-11)9-24-16(5-6-22-24)23-17(25)13-4-3-12(20)8-15(13)21/h1-8H,9H2,(H,23,25). The molecule has 0 spiro atoms. The monoisotopic (exact) mass is 489 g/mol. The second-order valence-electron chi connectivity index (χ2n) is 5.19. The first-order valence-corrected chi connectivity index (χ1v) is 8.99. The van der Waals surface area contributed by atoms with Crippen LogP contribution in [0.5, 0.6) is 0 Å². The third-order valence-electron chi connectivity index (χ3n) is 3.47. The number of amides is 1. The van der Waals surface area contributed by atoms with Gasteiger partial charge in [0.15, 0.2) is 0 Å². The Balaban J connectivity index is 1.81. The van der Waals surface area contributed by atoms with Gasteiger partial charge in [-0.2, -0.15) is 5.10 Å². The highest BCUT2D eigenvalue weighted by Gasteiger charge is 2.14. The second-order valence-corrected chi connectivity index (χ2v) is 7.19. The summed E-state index contributed by atoms with van der Waals surface area (Å²) in [6, 6.07) is 10.9. The third kappa shape index (κ3) is 4.31. The molecule has 25 heavy (non-hydrogen) atoms. The van der Waals surface area contributed by atoms with Crippen LogP contribution in [0.3, 0.4) is 0 Å². The molecule has 0 radical (unpaired) electrons. The molecule has 2 aromatic carbocycles. The van der Waals surface area contributed by atoms with E-state index in [0.29, 0.717) is 31.5 Å². The predicted molar refractivity (Wildman–Crippen MR) is 105 cm³/mol. The van der Waals surface area contributed by atoms with Gasteiger partial charge in [0.1, 0.15) is 11.6 Å². The highest BCUT2D eigenvalue weighted by molar-refractivity contribution is 14.1. The van der Waals surface area contributed by atoms with Gasteiger partial charge in [-0.15, -0.1) is 0 Å². The van der Waals surface area contributed by atoms with Crippen LogP contribution in [0.25, 0.3) is 0 Å². The molecule has 0 saturated heterocycles. The molecule has 1 amide bonds. The van der Waals surface area contributed by atoms with Crippen LogP contribution in [0.2, 0.25) is 10.0 Å². The van der Waals surface area contributed by atoms with E-state index in [-0.39, 0.29) is 11.7 Å². The zero-order valence-electron chi connectivity index (χ0n) is 12.6. The van der Waals surface area contributed by atoms with Crippen molar-refractivity contribution in [3.05, 3.63) is 79.2 Å². The van der Waals surface area contributed by atoms with Crippen LogP contribution in [-0.4, -0.2) is 15.7 Å². The minimum absolute atomic E-state index is 0.339. The lowest BCUT2D eigenvalue weighted by Gasteiger charge is -2.11. The summed E-state index contributed by atoms with van der Waals surface area (Å²) < 4.78 is 15.3. The fraction of sp³-hybridized carbons (Fsp3) is 0.0588. The van der Waals surface area contributed by atoms with Crippen molar-refractivity contribution < 1.29 is 9.18 Å². The fourth-order valence-corrected chi connectivity index (χ4v) is 3.42. The van der Waals surface area contributed by atoms with Crippen molar-refractivity contribution in [1.29, 1.82) is 0 Å². The molecule has 1 aromatic heterocycles. The maximum atomic E-state index is 13.2. The van der Waals surface area contributed by atoms with Crippen molar-refractivity contribution in [3.8, 4) is 0 Å². The zero-order chi connectivity index (χ0) is 18.0. The summed E-state index contributed by atoms with van der Waals surface area (Å²) in [6.07, 6.45) is 1.58. The van der Waals surface area contributed by atoms with Gasteiger partial charge in [0.2, 0.25) is 0 Å². The lowest BCUT2D eigenvalue weighted by molar-refractivity contribution is 0.102. The van der Waals surface area contributed by atoms with E-state index < -0.39 is 0 Å². The summed E-state index contributed by atoms with van der Waals surface area (Å²) in [5, 5.41) is 8.06. The number of anilines is 1. The van der Waals surface area contributed by atoms with E-state index in [9.17, 15) is 9.18 Å². The molecular weight excluding hydrogens is 479 g/mol. The fourth-order valence-electron chi connectivity index (χ4n) is 2.23. The molecule has 4 nitrogen and oxygen atoms in total. The number of halogens is 4. The molecule has 0 fully saturated rings. The van der Waals surface area contributed by atoms with E-state index in [0.717, 1.165) is 5.56 Å². The summed E-state index contributed by atoms with van der Waals surface area (Å²) in [4.78, 5) is 12.4. The Morgan fingerprint density at radius 1 is 1.20 bits per heavy atom. The number of hydrogen-bond donors (Lipinski definition) is 1. The van der Waals surface area contributed by atoms with Crippen molar-refractivity contribution in [2.75, 3.05) is 5.32 Å². The van der Waals surface area contributed by atoms with E-state index in [1.54, 1.807) is 35.1 Å². The first-order valence-electron chi connectivity index (χ1n) is 7.16. The van der Waals surface area contributed by atoms with Gasteiger partial charge >= 0.3 is 0 Å². The summed E-state index contributed by atoms with van der Waals surface area (Å²) in [6.45, 7) is 0.374. The molecule has 128 valence electrons. The van der Waals surface area contributed by atoms with Crippen molar-refractivity contribution in [2.24, 2.45) is 0 Å². The van der Waals surface area contributed by atoms with Crippen molar-refractivity contribution >= 4 is 57.5 Å². The van der Waals surface area contributed by atoms with E-state index in [4.69, 9.17) is 23.2 Å². The van der Waals surface area contributed by atoms with Gasteiger partial charge in [0.25, 0.3) is 5.91 Å². The molecule has 3 rings (SSSR count). The Labute approximate surface area is 167 Å². The number of aromatic nitrogens is 2. The highest BCUT2D eigenvalue weighted by Crippen LogP contribution is 2.23. The Kier molecular flexibility index (Phi) is 5.61. The molecule has 8 heteroatoms. The number of carbonyl (C=O) groups is 1. The van der Waals surface area contributed by atoms with Crippen molar-refractivity contribution in [1.82, 2.24) is 9.78 Å². The minimum atomic E-state index is -0.386. The summed E-state index contributed by atoms with van der Waals surface area (Å²) in [5.74, 6) is -0.215. The molecule has 0 aliphatic rings. The van der Waals surface area contributed by atoms with Gasteiger partial charge in [-0.25, -0.2) is 9.07 Å². The van der Waals surface area contributed by atoms with Gasteiger partial charge in [-0.1, -0.05) is 29.3 Å². The van der Waals surface area contributed by atoms with Gasteiger partial charge in [0, 0.05) is 19.7 Å². The number of nitrogens with one attached hydrogen (secondary N) is 1. The molecule has 0 aliphatic heterocycles. The van der Waals surface area contributed by atoms with Gasteiger partial charge in [0.05, 0.1) is 18.3 Å². The third-order valence-corrected chi connectivity index (χ3v) is 4.95. The van der Waals surface area contributed by atoms with Crippen LogP contribution in [0.4, 0.5) is 10.2 Å². The maximum absolute atomic E-state index is 13.2. The summed E-state index contributed by atoms with van der Waals surface area (Å²) >= 11 is 14.0. The molecule has 1 heterocycles. The minimum Gasteiger partial charge on any atom is -0.307 e. The first-order chi connectivity index (χ1) is 11.9. The Morgan fingerprint density at radius 3 is 2.72 bits per heavy atom. The van der Waals surface area contributed by atoms with E-state index in [1.807, 2.05) is 22.6 Å². The SMILES string of the molecule is O=C(Nc1ccnn1Cc1ccc(Cl)cc1Cl)c1ccc(F)cc1I. The molecular formula is C17H11Cl2FIN3O. The normalized spacial score (nSPS) is 10.7. The number of rotatable bonds is 4. The Hall–Kier alpha value is -1.64. The number of benzene rings is 2. The predicted octanol–water partition coefficient (Wildman–Crippen LogP) is 5.23. The van der Waals surface area contributed by atoms with Crippen LogP contribution in [0.1, 0.15) is 15.9 Å². The van der Waals surface area contributed by atoms with Crippen molar-refractivity contribution in [3.63, 3.8) is 0 Å². The van der Waals surface area contributed by atoms with Gasteiger partial charge in [-0.3, -0.25) is 4.79 Å². The van der Waals surface area contributed by atoms with Crippen LogP contribution in [0.15, 0.2) is 48.7 Å². The number of carbonyl (C=O) groups excluding carboxylic acids is 1. The van der Waals surface area contributed by atoms with E-state index >= 15 is 0 Å². The lowest BCUT2D eigenvalue weighted by Crippen LogP contribution is -2.17. The van der Waals surface area contributed by atoms with Crippen LogP contribution < -0.4 is 5.32 Å². The maximum Gasteiger partial charge on any atom is 0.257 e. The van der Waals surface area contributed by atoms with Crippen LogP contribution in [-0.2, 0) is 6.54 Å². The van der Waals surface area contributed by atoms with Crippen LogP contribution >= 0.6 is 45.8 Å². The Morgan fingerprint density at radius 2 is 2.00 bits per heavy atom. The molecule has 0 saturated carbocycles. The van der Waals surface area contributed by atoms with Crippen LogP contribution in [0, 0.1) is 9.39 Å². The molecule has 0 unspecified atom stereocenters. The molecule has 1 N–H and O–H groups in total. The summed E-state index contributed by atoms with van der Waals surface area (Å²) in [7, 11) is 0. The average molecular weight is 490 g/mol. The van der Waals surface area contributed by atoms with Gasteiger partial charge < -0.3 is 5.32 Å². The molecule has 0 atom stereocenters. The second kappa shape index (κ2) is 7.72. The molecule has 3 aromatic rings. The first kappa shape index (κ1) is 18.2. The quantitative estimate of drug-likeness (QED) is 0.510. The zero-order valence-corrected chi connectivity index (χ0v) is 16.3. The number of hydrogen-bond acceptors (Lipinski definition) is 2. The molecule has 0 bridgehead atoms. The van der Waals surface area contributed by atoms with E-state index in [2.05, 4.69) is 10.4 Å². The Bertz CT molecular complexity index is 945. The van der Waals surface area contributed by atoms with E-state index in [1.165, 1.54) is 18.2 Å². The van der Waals surface area contributed by atoms with Gasteiger partial charge in [-0.05, 0) is 58.5 Å². The number of nitrogens with zero attached hydrogens (tertiary/aromatic N) is 2. The molecule has 0 aliphatic carbocycles. The topological polar surface area (TPSA) is 46.9 Å².